The van der Waals surface area contributed by atoms with Crippen LogP contribution in [0.5, 0.6) is 0 Å². The van der Waals surface area contributed by atoms with Crippen molar-refractivity contribution in [2.75, 3.05) is 5.73 Å². The van der Waals surface area contributed by atoms with Crippen molar-refractivity contribution in [2.45, 2.75) is 17.0 Å². The smallest absolute Gasteiger partial charge is 0.171 e. The number of nitrogens with one attached hydrogen (secondary N) is 1. The number of aryl methyl sites for hydroxylation is 1. The van der Waals surface area contributed by atoms with Crippen molar-refractivity contribution >= 4 is 44.4 Å². The largest absolute Gasteiger partial charge is 0.398 e. The molecule has 0 unspecified atom stereocenters. The number of aromatic amines is 1. The van der Waals surface area contributed by atoms with Crippen molar-refractivity contribution < 1.29 is 4.39 Å². The van der Waals surface area contributed by atoms with Gasteiger partial charge in [-0.1, -0.05) is 6.07 Å². The van der Waals surface area contributed by atoms with Crippen LogP contribution in [0.15, 0.2) is 44.9 Å². The average Bonchev–Trinajstić information content (AvgIpc) is 2.77. The molecule has 1 aromatic heterocycles. The third-order valence-electron chi connectivity index (χ3n) is 2.88. The highest BCUT2D eigenvalue weighted by Crippen LogP contribution is 2.34. The number of benzene rings is 2. The number of rotatable bonds is 2. The number of hydrogen-bond donors (Lipinski definition) is 2. The molecular weight excluding hydrogens is 341 g/mol. The molecule has 0 amide bonds. The highest BCUT2D eigenvalue weighted by atomic mass is 79.9. The number of nitrogens with zero attached hydrogens (tertiary/aromatic N) is 1. The Morgan fingerprint density at radius 3 is 2.90 bits per heavy atom. The molecule has 102 valence electrons. The van der Waals surface area contributed by atoms with Crippen molar-refractivity contribution in [3.05, 3.63) is 46.2 Å². The van der Waals surface area contributed by atoms with E-state index < -0.39 is 0 Å². The number of anilines is 1. The molecule has 1 heterocycles. The number of hydrogen-bond acceptors (Lipinski definition) is 3. The summed E-state index contributed by atoms with van der Waals surface area (Å²) in [7, 11) is 0. The van der Waals surface area contributed by atoms with E-state index in [-0.39, 0.29) is 5.82 Å². The van der Waals surface area contributed by atoms with E-state index >= 15 is 0 Å². The Bertz CT molecular complexity index is 800. The van der Waals surface area contributed by atoms with Gasteiger partial charge in [-0.3, -0.25) is 0 Å². The maximum Gasteiger partial charge on any atom is 0.171 e. The molecule has 6 heteroatoms. The van der Waals surface area contributed by atoms with Crippen molar-refractivity contribution in [2.24, 2.45) is 0 Å². The van der Waals surface area contributed by atoms with Gasteiger partial charge in [-0.05, 0) is 64.4 Å². The van der Waals surface area contributed by atoms with Crippen LogP contribution in [0.4, 0.5) is 10.1 Å². The van der Waals surface area contributed by atoms with Gasteiger partial charge in [0.25, 0.3) is 0 Å². The molecule has 3 N–H and O–H groups in total. The Morgan fingerprint density at radius 1 is 1.30 bits per heavy atom. The molecule has 3 aromatic rings. The molecule has 0 saturated heterocycles. The van der Waals surface area contributed by atoms with Crippen LogP contribution in [0, 0.1) is 12.7 Å². The number of halogens is 2. The fraction of sp³-hybridized carbons (Fsp3) is 0.0714. The monoisotopic (exact) mass is 351 g/mol. The second-order valence-electron chi connectivity index (χ2n) is 4.47. The summed E-state index contributed by atoms with van der Waals surface area (Å²) in [6, 6.07) is 8.95. The summed E-state index contributed by atoms with van der Waals surface area (Å²) < 4.78 is 13.9. The maximum absolute atomic E-state index is 13.6. The quantitative estimate of drug-likeness (QED) is 0.668. The zero-order valence-electron chi connectivity index (χ0n) is 10.6. The van der Waals surface area contributed by atoms with Crippen LogP contribution in [0.2, 0.25) is 0 Å². The first-order valence-electron chi connectivity index (χ1n) is 5.91. The molecule has 0 aliphatic heterocycles. The van der Waals surface area contributed by atoms with Gasteiger partial charge >= 0.3 is 0 Å². The van der Waals surface area contributed by atoms with Gasteiger partial charge in [0.2, 0.25) is 0 Å². The molecule has 0 saturated carbocycles. The zero-order chi connectivity index (χ0) is 14.3. The number of H-pyrrole nitrogens is 1. The molecule has 0 radical (unpaired) electrons. The van der Waals surface area contributed by atoms with Crippen LogP contribution in [-0.2, 0) is 0 Å². The molecule has 3 rings (SSSR count). The number of fused-ring (bicyclic) bond motifs is 1. The van der Waals surface area contributed by atoms with E-state index in [1.807, 2.05) is 25.1 Å². The van der Waals surface area contributed by atoms with E-state index in [1.165, 1.54) is 17.8 Å². The molecule has 2 aromatic carbocycles. The number of aromatic nitrogens is 2. The van der Waals surface area contributed by atoms with Gasteiger partial charge < -0.3 is 10.7 Å². The van der Waals surface area contributed by atoms with E-state index in [9.17, 15) is 4.39 Å². The number of nitrogens with two attached hydrogens (primary N) is 1. The van der Waals surface area contributed by atoms with Gasteiger partial charge in [0.05, 0.1) is 15.5 Å². The van der Waals surface area contributed by atoms with E-state index in [1.54, 1.807) is 6.07 Å². The minimum absolute atomic E-state index is 0.339. The van der Waals surface area contributed by atoms with Crippen LogP contribution in [0.1, 0.15) is 5.56 Å². The molecule has 0 bridgehead atoms. The second-order valence-corrected chi connectivity index (χ2v) is 6.35. The summed E-state index contributed by atoms with van der Waals surface area (Å²) in [4.78, 5) is 8.31. The lowest BCUT2D eigenvalue weighted by Crippen LogP contribution is -1.91. The topological polar surface area (TPSA) is 54.7 Å². The first kappa shape index (κ1) is 13.5. The third kappa shape index (κ3) is 2.53. The van der Waals surface area contributed by atoms with Gasteiger partial charge in [0, 0.05) is 10.6 Å². The molecule has 0 aliphatic rings. The van der Waals surface area contributed by atoms with E-state index in [0.717, 1.165) is 16.6 Å². The van der Waals surface area contributed by atoms with Gasteiger partial charge in [-0.25, -0.2) is 9.37 Å². The highest BCUT2D eigenvalue weighted by Gasteiger charge is 2.10. The Hall–Kier alpha value is -1.53. The number of nitrogen functional groups attached to an aromatic ring is 1. The van der Waals surface area contributed by atoms with Crippen LogP contribution < -0.4 is 5.73 Å². The van der Waals surface area contributed by atoms with Crippen molar-refractivity contribution in [3.63, 3.8) is 0 Å². The summed E-state index contributed by atoms with van der Waals surface area (Å²) in [5, 5.41) is 0.694. The zero-order valence-corrected chi connectivity index (χ0v) is 13.0. The average molecular weight is 352 g/mol. The summed E-state index contributed by atoms with van der Waals surface area (Å²) in [6.07, 6.45) is 0. The Morgan fingerprint density at radius 2 is 2.10 bits per heavy atom. The fourth-order valence-electron chi connectivity index (χ4n) is 1.88. The molecular formula is C14H11BrFN3S. The van der Waals surface area contributed by atoms with Crippen molar-refractivity contribution in [1.29, 1.82) is 0 Å². The van der Waals surface area contributed by atoms with Crippen LogP contribution >= 0.6 is 27.7 Å². The van der Waals surface area contributed by atoms with E-state index in [2.05, 4.69) is 25.9 Å². The molecule has 0 atom stereocenters. The number of imidazole rings is 1. The minimum Gasteiger partial charge on any atom is -0.398 e. The molecule has 0 aliphatic carbocycles. The predicted molar refractivity (Wildman–Crippen MR) is 83.5 cm³/mol. The van der Waals surface area contributed by atoms with Crippen molar-refractivity contribution in [3.8, 4) is 0 Å². The summed E-state index contributed by atoms with van der Waals surface area (Å²) in [5.41, 5.74) is 9.42. The fourth-order valence-corrected chi connectivity index (χ4v) is 3.10. The lowest BCUT2D eigenvalue weighted by atomic mass is 10.2. The summed E-state index contributed by atoms with van der Waals surface area (Å²) in [5.74, 6) is -0.339. The van der Waals surface area contributed by atoms with Gasteiger partial charge in [-0.15, -0.1) is 0 Å². The maximum atomic E-state index is 13.6. The van der Waals surface area contributed by atoms with E-state index in [0.29, 0.717) is 20.2 Å². The molecule has 3 nitrogen and oxygen atoms in total. The summed E-state index contributed by atoms with van der Waals surface area (Å²) >= 11 is 4.43. The van der Waals surface area contributed by atoms with E-state index in [4.69, 9.17) is 5.73 Å². The van der Waals surface area contributed by atoms with Crippen LogP contribution in [-0.4, -0.2) is 9.97 Å². The van der Waals surface area contributed by atoms with Gasteiger partial charge in [0.15, 0.2) is 5.16 Å². The first-order chi connectivity index (χ1) is 9.52. The van der Waals surface area contributed by atoms with Crippen LogP contribution in [0.25, 0.3) is 11.0 Å². The third-order valence-corrected chi connectivity index (χ3v) is 4.44. The molecule has 20 heavy (non-hydrogen) atoms. The van der Waals surface area contributed by atoms with Crippen molar-refractivity contribution in [1.82, 2.24) is 9.97 Å². The standard InChI is InChI=1S/C14H11BrFN3S/c1-7-2-3-11-12(4-7)19-14(18-11)20-13-6-9(16)8(15)5-10(13)17/h2-6H,17H2,1H3,(H,18,19). The Balaban J connectivity index is 1.99. The predicted octanol–water partition coefficient (Wildman–Crippen LogP) is 4.51. The minimum atomic E-state index is -0.339. The van der Waals surface area contributed by atoms with Crippen LogP contribution in [0.3, 0.4) is 0 Å². The summed E-state index contributed by atoms with van der Waals surface area (Å²) in [6.45, 7) is 2.02. The molecule has 0 spiro atoms. The second kappa shape index (κ2) is 5.10. The lowest BCUT2D eigenvalue weighted by molar-refractivity contribution is 0.618. The normalized spacial score (nSPS) is 11.2. The Labute approximate surface area is 127 Å². The van der Waals surface area contributed by atoms with Gasteiger partial charge in [0.1, 0.15) is 5.82 Å². The first-order valence-corrected chi connectivity index (χ1v) is 7.52. The SMILES string of the molecule is Cc1ccc2nc(Sc3cc(F)c(Br)cc3N)[nH]c2c1. The lowest BCUT2D eigenvalue weighted by Gasteiger charge is -2.04. The van der Waals surface area contributed by atoms with Gasteiger partial charge in [-0.2, -0.15) is 0 Å². The molecule has 0 fully saturated rings. The Kier molecular flexibility index (Phi) is 3.43. The highest BCUT2D eigenvalue weighted by molar-refractivity contribution is 9.10.